The summed E-state index contributed by atoms with van der Waals surface area (Å²) in [4.78, 5) is 12.3. The van der Waals surface area contributed by atoms with Gasteiger partial charge in [-0.25, -0.2) is 0 Å². The van der Waals surface area contributed by atoms with E-state index in [4.69, 9.17) is 4.74 Å². The molecule has 3 aromatic rings. The Morgan fingerprint density at radius 3 is 2.48 bits per heavy atom. The second kappa shape index (κ2) is 8.62. The fraction of sp³-hybridized carbons (Fsp3) is 0.0455. The third-order valence-electron chi connectivity index (χ3n) is 3.67. The van der Waals surface area contributed by atoms with E-state index in [1.165, 1.54) is 0 Å². The smallest absolute Gasteiger partial charge is 0.186 e. The zero-order chi connectivity index (χ0) is 17.5. The standard InChI is InChI=1S/C22H17IO2/c23-21-12-5-4-11-20(21)22(24)14-13-17-9-6-10-19(15-17)25-16-18-7-2-1-3-8-18/h1-15H,16H2. The molecule has 0 radical (unpaired) electrons. The van der Waals surface area contributed by atoms with E-state index in [9.17, 15) is 4.79 Å². The van der Waals surface area contributed by atoms with Crippen molar-refractivity contribution in [3.05, 3.63) is 105 Å². The number of allylic oxidation sites excluding steroid dienone is 1. The van der Waals surface area contributed by atoms with E-state index in [0.717, 1.165) is 26.0 Å². The van der Waals surface area contributed by atoms with Gasteiger partial charge in [0, 0.05) is 9.13 Å². The van der Waals surface area contributed by atoms with Crippen LogP contribution in [-0.2, 0) is 6.61 Å². The Bertz CT molecular complexity index is 885. The molecule has 0 unspecified atom stereocenters. The minimum Gasteiger partial charge on any atom is -0.489 e. The number of carbonyl (C=O) groups is 1. The first kappa shape index (κ1) is 17.4. The summed E-state index contributed by atoms with van der Waals surface area (Å²) in [5.74, 6) is 0.786. The van der Waals surface area contributed by atoms with Crippen LogP contribution in [-0.4, -0.2) is 5.78 Å². The van der Waals surface area contributed by atoms with Gasteiger partial charge in [0.25, 0.3) is 0 Å². The van der Waals surface area contributed by atoms with E-state index in [1.54, 1.807) is 6.08 Å². The van der Waals surface area contributed by atoms with Crippen molar-refractivity contribution >= 4 is 34.5 Å². The minimum atomic E-state index is 0.000562. The van der Waals surface area contributed by atoms with Gasteiger partial charge in [0.15, 0.2) is 5.78 Å². The van der Waals surface area contributed by atoms with Crippen LogP contribution >= 0.6 is 22.6 Å². The highest BCUT2D eigenvalue weighted by molar-refractivity contribution is 14.1. The van der Waals surface area contributed by atoms with Gasteiger partial charge in [-0.05, 0) is 64.1 Å². The Balaban J connectivity index is 1.67. The monoisotopic (exact) mass is 440 g/mol. The highest BCUT2D eigenvalue weighted by atomic mass is 127. The summed E-state index contributed by atoms with van der Waals surface area (Å²) in [5.41, 5.74) is 2.78. The van der Waals surface area contributed by atoms with Crippen LogP contribution in [0.3, 0.4) is 0 Å². The predicted molar refractivity (Wildman–Crippen MR) is 110 cm³/mol. The number of hydrogen-bond acceptors (Lipinski definition) is 2. The highest BCUT2D eigenvalue weighted by Gasteiger charge is 2.05. The maximum absolute atomic E-state index is 12.3. The molecule has 2 nitrogen and oxygen atoms in total. The van der Waals surface area contributed by atoms with Crippen molar-refractivity contribution in [3.63, 3.8) is 0 Å². The number of benzene rings is 3. The van der Waals surface area contributed by atoms with E-state index in [-0.39, 0.29) is 5.78 Å². The maximum Gasteiger partial charge on any atom is 0.186 e. The van der Waals surface area contributed by atoms with E-state index in [0.29, 0.717) is 6.61 Å². The molecular weight excluding hydrogens is 423 g/mol. The molecular formula is C22H17IO2. The molecule has 0 fully saturated rings. The number of halogens is 1. The highest BCUT2D eigenvalue weighted by Crippen LogP contribution is 2.17. The molecule has 0 amide bonds. The summed E-state index contributed by atoms with van der Waals surface area (Å²) in [5, 5.41) is 0. The van der Waals surface area contributed by atoms with Crippen LogP contribution in [0.5, 0.6) is 5.75 Å². The lowest BCUT2D eigenvalue weighted by Crippen LogP contribution is -1.97. The fourth-order valence-electron chi connectivity index (χ4n) is 2.37. The summed E-state index contributed by atoms with van der Waals surface area (Å²) in [6, 6.07) is 25.3. The van der Waals surface area contributed by atoms with E-state index >= 15 is 0 Å². The van der Waals surface area contributed by atoms with Crippen LogP contribution < -0.4 is 4.74 Å². The second-order valence-electron chi connectivity index (χ2n) is 5.52. The summed E-state index contributed by atoms with van der Waals surface area (Å²) < 4.78 is 6.78. The topological polar surface area (TPSA) is 26.3 Å². The van der Waals surface area contributed by atoms with Crippen molar-refractivity contribution in [2.75, 3.05) is 0 Å². The van der Waals surface area contributed by atoms with Crippen LogP contribution in [0.4, 0.5) is 0 Å². The number of ether oxygens (including phenoxy) is 1. The Morgan fingerprint density at radius 2 is 1.68 bits per heavy atom. The second-order valence-corrected chi connectivity index (χ2v) is 6.69. The Labute approximate surface area is 161 Å². The van der Waals surface area contributed by atoms with Crippen molar-refractivity contribution in [3.8, 4) is 5.75 Å². The van der Waals surface area contributed by atoms with Crippen molar-refractivity contribution in [2.45, 2.75) is 6.61 Å². The Kier molecular flexibility index (Phi) is 6.01. The lowest BCUT2D eigenvalue weighted by atomic mass is 10.1. The molecule has 3 rings (SSSR count). The first-order valence-corrected chi connectivity index (χ1v) is 9.04. The molecule has 3 heteroatoms. The molecule has 25 heavy (non-hydrogen) atoms. The molecule has 0 spiro atoms. The third-order valence-corrected chi connectivity index (χ3v) is 4.61. The summed E-state index contributed by atoms with van der Waals surface area (Å²) >= 11 is 2.18. The fourth-order valence-corrected chi connectivity index (χ4v) is 3.02. The summed E-state index contributed by atoms with van der Waals surface area (Å²) in [7, 11) is 0. The molecule has 0 aliphatic carbocycles. The van der Waals surface area contributed by atoms with Gasteiger partial charge >= 0.3 is 0 Å². The normalized spacial score (nSPS) is 10.8. The lowest BCUT2D eigenvalue weighted by Gasteiger charge is -2.07. The lowest BCUT2D eigenvalue weighted by molar-refractivity contribution is 0.104. The van der Waals surface area contributed by atoms with Crippen molar-refractivity contribution in [2.24, 2.45) is 0 Å². The number of ketones is 1. The Morgan fingerprint density at radius 1 is 0.920 bits per heavy atom. The Hall–Kier alpha value is -2.40. The molecule has 3 aromatic carbocycles. The first-order chi connectivity index (χ1) is 12.2. The average Bonchev–Trinajstić information content (AvgIpc) is 2.66. The van der Waals surface area contributed by atoms with Gasteiger partial charge in [-0.1, -0.05) is 60.7 Å². The molecule has 0 aliphatic heterocycles. The minimum absolute atomic E-state index is 0.000562. The first-order valence-electron chi connectivity index (χ1n) is 7.96. The van der Waals surface area contributed by atoms with Crippen molar-refractivity contribution < 1.29 is 9.53 Å². The molecule has 0 atom stereocenters. The van der Waals surface area contributed by atoms with Crippen LogP contribution in [0, 0.1) is 3.57 Å². The average molecular weight is 440 g/mol. The van der Waals surface area contributed by atoms with Crippen molar-refractivity contribution in [1.29, 1.82) is 0 Å². The summed E-state index contributed by atoms with van der Waals surface area (Å²) in [6.07, 6.45) is 3.43. The van der Waals surface area contributed by atoms with Gasteiger partial charge < -0.3 is 4.74 Å². The number of rotatable bonds is 6. The van der Waals surface area contributed by atoms with Crippen LogP contribution in [0.25, 0.3) is 6.08 Å². The molecule has 0 N–H and O–H groups in total. The molecule has 0 aromatic heterocycles. The predicted octanol–water partition coefficient (Wildman–Crippen LogP) is 5.77. The van der Waals surface area contributed by atoms with Gasteiger partial charge in [-0.15, -0.1) is 0 Å². The number of carbonyl (C=O) groups excluding carboxylic acids is 1. The maximum atomic E-state index is 12.3. The molecule has 0 saturated carbocycles. The molecule has 0 aliphatic rings. The largest absolute Gasteiger partial charge is 0.489 e. The summed E-state index contributed by atoms with van der Waals surface area (Å²) in [6.45, 7) is 0.523. The molecule has 0 heterocycles. The van der Waals surface area contributed by atoms with Crippen molar-refractivity contribution in [1.82, 2.24) is 0 Å². The SMILES string of the molecule is O=C(C=Cc1cccc(OCc2ccccc2)c1)c1ccccc1I. The van der Waals surface area contributed by atoms with Gasteiger partial charge in [0.05, 0.1) is 0 Å². The van der Waals surface area contributed by atoms with Gasteiger partial charge in [0.2, 0.25) is 0 Å². The van der Waals surface area contributed by atoms with Gasteiger partial charge in [0.1, 0.15) is 12.4 Å². The van der Waals surface area contributed by atoms with Gasteiger partial charge in [-0.2, -0.15) is 0 Å². The quantitative estimate of drug-likeness (QED) is 0.277. The third kappa shape index (κ3) is 5.03. The molecule has 0 bridgehead atoms. The van der Waals surface area contributed by atoms with E-state index < -0.39 is 0 Å². The number of hydrogen-bond donors (Lipinski definition) is 0. The zero-order valence-corrected chi connectivity index (χ0v) is 15.7. The molecule has 124 valence electrons. The van der Waals surface area contributed by atoms with E-state index in [2.05, 4.69) is 22.6 Å². The van der Waals surface area contributed by atoms with Crippen LogP contribution in [0.15, 0.2) is 84.9 Å². The zero-order valence-electron chi connectivity index (χ0n) is 13.6. The van der Waals surface area contributed by atoms with Crippen LogP contribution in [0.1, 0.15) is 21.5 Å². The molecule has 0 saturated heterocycles. The van der Waals surface area contributed by atoms with Gasteiger partial charge in [-0.3, -0.25) is 4.79 Å². The van der Waals surface area contributed by atoms with Crippen LogP contribution in [0.2, 0.25) is 0 Å². The van der Waals surface area contributed by atoms with E-state index in [1.807, 2.05) is 84.9 Å².